The van der Waals surface area contributed by atoms with Gasteiger partial charge in [0.1, 0.15) is 5.71 Å². The zero-order valence-corrected chi connectivity index (χ0v) is 13.9. The number of rotatable bonds is 7. The fourth-order valence-corrected chi connectivity index (χ4v) is 2.51. The van der Waals surface area contributed by atoms with Crippen molar-refractivity contribution in [3.8, 4) is 11.5 Å². The topological polar surface area (TPSA) is 120 Å². The first kappa shape index (κ1) is 18.2. The standard InChI is InChI=1S/C17H19N3O5/c1-24-15-9-12(7-8-18)14(10-16(15)25-2)17(19-21)11-3-5-13(6-4-11)20(22)23/h3-6,9-10,21H,7-8,18H2,1-2H3/b19-17-. The van der Waals surface area contributed by atoms with Gasteiger partial charge in [0, 0.05) is 23.3 Å². The van der Waals surface area contributed by atoms with E-state index in [4.69, 9.17) is 15.2 Å². The third-order valence-corrected chi connectivity index (χ3v) is 3.73. The average molecular weight is 345 g/mol. The lowest BCUT2D eigenvalue weighted by Gasteiger charge is -2.15. The lowest BCUT2D eigenvalue weighted by molar-refractivity contribution is -0.384. The quantitative estimate of drug-likeness (QED) is 0.344. The molecule has 8 heteroatoms. The predicted octanol–water partition coefficient (Wildman–Crippen LogP) is 2.34. The Labute approximate surface area is 144 Å². The van der Waals surface area contributed by atoms with Crippen LogP contribution in [0.4, 0.5) is 5.69 Å². The molecule has 8 nitrogen and oxygen atoms in total. The number of methoxy groups -OCH3 is 2. The van der Waals surface area contributed by atoms with Crippen molar-refractivity contribution in [2.75, 3.05) is 20.8 Å². The molecule has 0 bridgehead atoms. The number of nitrogens with two attached hydrogens (primary N) is 1. The summed E-state index contributed by atoms with van der Waals surface area (Å²) in [5, 5.41) is 23.7. The number of oxime groups is 1. The van der Waals surface area contributed by atoms with Gasteiger partial charge in [0.05, 0.1) is 19.1 Å². The Bertz CT molecular complexity index is 788. The molecule has 2 rings (SSSR count). The molecule has 0 aliphatic rings. The van der Waals surface area contributed by atoms with Gasteiger partial charge >= 0.3 is 0 Å². The predicted molar refractivity (Wildman–Crippen MR) is 92.8 cm³/mol. The maximum Gasteiger partial charge on any atom is 0.269 e. The molecular weight excluding hydrogens is 326 g/mol. The van der Waals surface area contributed by atoms with Crippen LogP contribution in [0.2, 0.25) is 0 Å². The number of hydrogen-bond donors (Lipinski definition) is 2. The number of non-ortho nitro benzene ring substituents is 1. The molecule has 0 spiro atoms. The van der Waals surface area contributed by atoms with E-state index in [-0.39, 0.29) is 11.4 Å². The van der Waals surface area contributed by atoms with Crippen LogP contribution < -0.4 is 15.2 Å². The molecule has 0 fully saturated rings. The van der Waals surface area contributed by atoms with E-state index < -0.39 is 4.92 Å². The minimum atomic E-state index is -0.490. The Morgan fingerprint density at radius 3 is 2.28 bits per heavy atom. The van der Waals surface area contributed by atoms with E-state index >= 15 is 0 Å². The van der Waals surface area contributed by atoms with Gasteiger partial charge < -0.3 is 20.4 Å². The normalized spacial score (nSPS) is 11.2. The van der Waals surface area contributed by atoms with E-state index in [0.717, 1.165) is 5.56 Å². The minimum Gasteiger partial charge on any atom is -0.493 e. The Morgan fingerprint density at radius 1 is 1.20 bits per heavy atom. The summed E-state index contributed by atoms with van der Waals surface area (Å²) in [4.78, 5) is 10.3. The fraction of sp³-hybridized carbons (Fsp3) is 0.235. The molecule has 2 aromatic rings. The number of nitro groups is 1. The third kappa shape index (κ3) is 3.86. The Balaban J connectivity index is 2.57. The van der Waals surface area contributed by atoms with Crippen molar-refractivity contribution >= 4 is 11.4 Å². The molecule has 25 heavy (non-hydrogen) atoms. The molecule has 2 aromatic carbocycles. The van der Waals surface area contributed by atoms with Crippen LogP contribution in [0.15, 0.2) is 41.6 Å². The summed E-state index contributed by atoms with van der Waals surface area (Å²) in [6.07, 6.45) is 0.529. The molecule has 0 amide bonds. The zero-order chi connectivity index (χ0) is 18.4. The zero-order valence-electron chi connectivity index (χ0n) is 13.9. The first-order chi connectivity index (χ1) is 12.0. The van der Waals surface area contributed by atoms with Crippen molar-refractivity contribution in [3.05, 3.63) is 63.2 Å². The van der Waals surface area contributed by atoms with E-state index in [1.165, 1.54) is 38.5 Å². The van der Waals surface area contributed by atoms with Crippen molar-refractivity contribution in [1.29, 1.82) is 0 Å². The molecular formula is C17H19N3O5. The molecule has 0 heterocycles. The second-order valence-electron chi connectivity index (χ2n) is 5.16. The highest BCUT2D eigenvalue weighted by atomic mass is 16.6. The van der Waals surface area contributed by atoms with Crippen LogP contribution in [0, 0.1) is 10.1 Å². The second-order valence-corrected chi connectivity index (χ2v) is 5.16. The van der Waals surface area contributed by atoms with Crippen LogP contribution in [0.25, 0.3) is 0 Å². The van der Waals surface area contributed by atoms with Crippen LogP contribution >= 0.6 is 0 Å². The van der Waals surface area contributed by atoms with Gasteiger partial charge in [-0.1, -0.05) is 5.16 Å². The minimum absolute atomic E-state index is 0.0458. The maximum atomic E-state index is 10.8. The lowest BCUT2D eigenvalue weighted by Crippen LogP contribution is -2.12. The smallest absolute Gasteiger partial charge is 0.269 e. The van der Waals surface area contributed by atoms with E-state index in [0.29, 0.717) is 35.6 Å². The van der Waals surface area contributed by atoms with Crippen molar-refractivity contribution in [2.45, 2.75) is 6.42 Å². The number of hydrogen-bond acceptors (Lipinski definition) is 7. The van der Waals surface area contributed by atoms with Crippen LogP contribution in [0.3, 0.4) is 0 Å². The maximum absolute atomic E-state index is 10.8. The van der Waals surface area contributed by atoms with E-state index in [2.05, 4.69) is 5.16 Å². The molecule has 132 valence electrons. The highest BCUT2D eigenvalue weighted by molar-refractivity contribution is 6.13. The monoisotopic (exact) mass is 345 g/mol. The summed E-state index contributed by atoms with van der Waals surface area (Å²) >= 11 is 0. The number of nitro benzene ring substituents is 1. The first-order valence-corrected chi connectivity index (χ1v) is 7.47. The van der Waals surface area contributed by atoms with Crippen molar-refractivity contribution in [3.63, 3.8) is 0 Å². The largest absolute Gasteiger partial charge is 0.493 e. The SMILES string of the molecule is COc1cc(CCN)c(/C(=N\O)c2ccc([N+](=O)[O-])cc2)cc1OC. The summed E-state index contributed by atoms with van der Waals surface area (Å²) in [7, 11) is 3.03. The molecule has 0 saturated heterocycles. The van der Waals surface area contributed by atoms with Crippen LogP contribution in [0.1, 0.15) is 16.7 Å². The van der Waals surface area contributed by atoms with Gasteiger partial charge in [0.25, 0.3) is 5.69 Å². The van der Waals surface area contributed by atoms with Gasteiger partial charge in [0.2, 0.25) is 0 Å². The summed E-state index contributed by atoms with van der Waals surface area (Å²) in [5.41, 5.74) is 7.84. The van der Waals surface area contributed by atoms with Gasteiger partial charge in [-0.2, -0.15) is 0 Å². The Hall–Kier alpha value is -3.13. The number of benzene rings is 2. The van der Waals surface area contributed by atoms with Crippen LogP contribution in [-0.4, -0.2) is 36.6 Å². The summed E-state index contributed by atoms with van der Waals surface area (Å²) < 4.78 is 10.6. The lowest BCUT2D eigenvalue weighted by atomic mass is 9.95. The van der Waals surface area contributed by atoms with E-state index in [1.54, 1.807) is 12.1 Å². The van der Waals surface area contributed by atoms with Crippen molar-refractivity contribution in [2.24, 2.45) is 10.9 Å². The molecule has 0 radical (unpaired) electrons. The molecule has 0 aliphatic heterocycles. The van der Waals surface area contributed by atoms with E-state index in [1.807, 2.05) is 0 Å². The average Bonchev–Trinajstić information content (AvgIpc) is 2.63. The van der Waals surface area contributed by atoms with Gasteiger partial charge in [-0.05, 0) is 42.8 Å². The fourth-order valence-electron chi connectivity index (χ4n) is 2.51. The summed E-state index contributed by atoms with van der Waals surface area (Å²) in [5.74, 6) is 1.01. The highest BCUT2D eigenvalue weighted by Gasteiger charge is 2.18. The summed E-state index contributed by atoms with van der Waals surface area (Å²) in [6.45, 7) is 0.390. The summed E-state index contributed by atoms with van der Waals surface area (Å²) in [6, 6.07) is 9.22. The first-order valence-electron chi connectivity index (χ1n) is 7.47. The molecule has 0 unspecified atom stereocenters. The van der Waals surface area contributed by atoms with Gasteiger partial charge in [-0.15, -0.1) is 0 Å². The molecule has 0 aromatic heterocycles. The van der Waals surface area contributed by atoms with Crippen LogP contribution in [-0.2, 0) is 6.42 Å². The number of nitrogens with zero attached hydrogens (tertiary/aromatic N) is 2. The molecule has 0 saturated carbocycles. The number of ether oxygens (including phenoxy) is 2. The second kappa shape index (κ2) is 8.11. The Kier molecular flexibility index (Phi) is 5.91. The van der Waals surface area contributed by atoms with E-state index in [9.17, 15) is 15.3 Å². The molecule has 0 atom stereocenters. The molecule has 0 aliphatic carbocycles. The van der Waals surface area contributed by atoms with Gasteiger partial charge in [-0.3, -0.25) is 10.1 Å². The highest BCUT2D eigenvalue weighted by Crippen LogP contribution is 2.32. The van der Waals surface area contributed by atoms with Gasteiger partial charge in [-0.25, -0.2) is 0 Å². The Morgan fingerprint density at radius 2 is 1.80 bits per heavy atom. The van der Waals surface area contributed by atoms with Gasteiger partial charge in [0.15, 0.2) is 11.5 Å². The van der Waals surface area contributed by atoms with Crippen molar-refractivity contribution < 1.29 is 19.6 Å². The molecule has 3 N–H and O–H groups in total. The van der Waals surface area contributed by atoms with Crippen LogP contribution in [0.5, 0.6) is 11.5 Å². The third-order valence-electron chi connectivity index (χ3n) is 3.73. The van der Waals surface area contributed by atoms with Crippen molar-refractivity contribution in [1.82, 2.24) is 0 Å².